The predicted octanol–water partition coefficient (Wildman–Crippen LogP) is 4.02. The maximum Gasteiger partial charge on any atom is 0.673 e. The normalized spacial score (nSPS) is 21.4. The summed E-state index contributed by atoms with van der Waals surface area (Å²) in [6, 6.07) is 1.03. The van der Waals surface area contributed by atoms with Crippen LogP contribution in [0.3, 0.4) is 0 Å². The smallest absolute Gasteiger partial charge is 0.436 e. The topological polar surface area (TPSA) is 12.2 Å². The number of halogens is 4. The molecule has 1 aliphatic heterocycles. The van der Waals surface area contributed by atoms with Gasteiger partial charge in [-0.05, 0) is 47.0 Å². The van der Waals surface area contributed by atoms with Crippen molar-refractivity contribution in [1.82, 2.24) is 0 Å². The van der Waals surface area contributed by atoms with E-state index in [0.717, 1.165) is 5.90 Å². The number of hydrogen-bond donors (Lipinski definition) is 0. The zero-order valence-corrected chi connectivity index (χ0v) is 12.4. The summed E-state index contributed by atoms with van der Waals surface area (Å²) in [4.78, 5) is 0. The monoisotopic (exact) mass is 295 g/mol. The summed E-state index contributed by atoms with van der Waals surface area (Å²) < 4.78 is 47.3. The molecular weight excluding hydrogens is 273 g/mol. The van der Waals surface area contributed by atoms with Crippen molar-refractivity contribution in [3.63, 3.8) is 0 Å². The zero-order valence-electron chi connectivity index (χ0n) is 12.4. The van der Waals surface area contributed by atoms with Gasteiger partial charge in [0.05, 0.1) is 0 Å². The maximum atomic E-state index is 9.75. The first-order valence-electron chi connectivity index (χ1n) is 7.01. The molecule has 0 saturated carbocycles. The molecule has 0 spiro atoms. The predicted molar refractivity (Wildman–Crippen MR) is 72.5 cm³/mol. The van der Waals surface area contributed by atoms with Crippen molar-refractivity contribution < 1.29 is 26.6 Å². The van der Waals surface area contributed by atoms with Gasteiger partial charge in [0.15, 0.2) is 12.1 Å². The molecule has 0 amide bonds. The van der Waals surface area contributed by atoms with Gasteiger partial charge in [-0.1, -0.05) is 6.08 Å². The third kappa shape index (κ3) is 4.83. The number of hydrogen-bond acceptors (Lipinski definition) is 1. The third-order valence-corrected chi connectivity index (χ3v) is 3.23. The SMILES string of the molecule is CC(C)[N+](=C1OC2CCCC=C12)C(C)C.F[B-](F)(F)F. The minimum absolute atomic E-state index is 0.411. The van der Waals surface area contributed by atoms with E-state index in [9.17, 15) is 17.3 Å². The average Bonchev–Trinajstić information content (AvgIpc) is 2.22. The number of rotatable bonds is 2. The van der Waals surface area contributed by atoms with E-state index < -0.39 is 7.25 Å². The first kappa shape index (κ1) is 17.0. The largest absolute Gasteiger partial charge is 0.673 e. The quantitative estimate of drug-likeness (QED) is 0.426. The molecule has 0 bridgehead atoms. The van der Waals surface area contributed by atoms with Crippen molar-refractivity contribution in [2.24, 2.45) is 0 Å². The second kappa shape index (κ2) is 6.63. The van der Waals surface area contributed by atoms with Crippen LogP contribution in [0.2, 0.25) is 0 Å². The van der Waals surface area contributed by atoms with E-state index in [2.05, 4.69) is 38.3 Å². The summed E-state index contributed by atoms with van der Waals surface area (Å²) in [5.74, 6) is 1.14. The van der Waals surface area contributed by atoms with Gasteiger partial charge in [0.2, 0.25) is 0 Å². The van der Waals surface area contributed by atoms with Gasteiger partial charge in [0, 0.05) is 0 Å². The highest BCUT2D eigenvalue weighted by atomic mass is 19.5. The Morgan fingerprint density at radius 1 is 1.15 bits per heavy atom. The van der Waals surface area contributed by atoms with Crippen LogP contribution in [0.15, 0.2) is 11.6 Å². The van der Waals surface area contributed by atoms with Crippen molar-refractivity contribution >= 4 is 13.2 Å². The average molecular weight is 295 g/mol. The highest BCUT2D eigenvalue weighted by Gasteiger charge is 2.43. The van der Waals surface area contributed by atoms with Crippen LogP contribution < -0.4 is 0 Å². The molecule has 0 radical (unpaired) electrons. The molecule has 2 aliphatic rings. The van der Waals surface area contributed by atoms with E-state index in [1.54, 1.807) is 0 Å². The first-order chi connectivity index (χ1) is 9.11. The van der Waals surface area contributed by atoms with Crippen LogP contribution >= 0.6 is 0 Å². The summed E-state index contributed by atoms with van der Waals surface area (Å²) in [7, 11) is -6.00. The Labute approximate surface area is 117 Å². The number of ether oxygens (including phenoxy) is 1. The van der Waals surface area contributed by atoms with Crippen LogP contribution in [0, 0.1) is 0 Å². The van der Waals surface area contributed by atoms with E-state index in [1.165, 1.54) is 24.8 Å². The highest BCUT2D eigenvalue weighted by molar-refractivity contribution is 6.50. The molecule has 0 N–H and O–H groups in total. The van der Waals surface area contributed by atoms with Gasteiger partial charge in [0.25, 0.3) is 0 Å². The van der Waals surface area contributed by atoms with Crippen molar-refractivity contribution in [3.05, 3.63) is 11.6 Å². The van der Waals surface area contributed by atoms with Gasteiger partial charge in [-0.15, -0.1) is 0 Å². The summed E-state index contributed by atoms with van der Waals surface area (Å²) in [6.45, 7) is 8.92. The molecule has 7 heteroatoms. The standard InChI is InChI=1S/C13H22NO.BF4/c1-9(2)14(10(3)4)13-11-7-5-6-8-12(11)15-13;2-1(3,4)5/h7,9-10,12H,5-6,8H2,1-4H3;/q+1;-1. The Bertz CT molecular complexity index is 386. The van der Waals surface area contributed by atoms with E-state index in [0.29, 0.717) is 18.2 Å². The third-order valence-electron chi connectivity index (χ3n) is 3.23. The Morgan fingerprint density at radius 3 is 2.05 bits per heavy atom. The summed E-state index contributed by atoms with van der Waals surface area (Å²) >= 11 is 0. The molecule has 1 aliphatic carbocycles. The van der Waals surface area contributed by atoms with E-state index in [-0.39, 0.29) is 0 Å². The molecule has 0 aromatic rings. The van der Waals surface area contributed by atoms with Crippen molar-refractivity contribution in [2.75, 3.05) is 0 Å². The van der Waals surface area contributed by atoms with Gasteiger partial charge in [-0.25, -0.2) is 0 Å². The molecule has 1 saturated heterocycles. The van der Waals surface area contributed by atoms with Gasteiger partial charge < -0.3 is 22.0 Å². The van der Waals surface area contributed by atoms with Gasteiger partial charge >= 0.3 is 13.2 Å². The van der Waals surface area contributed by atoms with Crippen molar-refractivity contribution in [1.29, 1.82) is 0 Å². The molecule has 1 fully saturated rings. The molecule has 1 unspecified atom stereocenters. The fraction of sp³-hybridized carbons (Fsp3) is 0.769. The lowest BCUT2D eigenvalue weighted by Crippen LogP contribution is -2.47. The molecule has 0 aromatic heterocycles. The Hall–Kier alpha value is -1.01. The minimum atomic E-state index is -6.00. The molecule has 1 atom stereocenters. The zero-order chi connectivity index (χ0) is 15.5. The van der Waals surface area contributed by atoms with Crippen molar-refractivity contribution in [3.8, 4) is 0 Å². The Morgan fingerprint density at radius 2 is 1.65 bits per heavy atom. The second-order valence-electron chi connectivity index (χ2n) is 5.59. The Kier molecular flexibility index (Phi) is 5.65. The van der Waals surface area contributed by atoms with E-state index >= 15 is 0 Å². The van der Waals surface area contributed by atoms with Crippen LogP contribution in [-0.4, -0.2) is 35.9 Å². The summed E-state index contributed by atoms with van der Waals surface area (Å²) in [5.41, 5.74) is 1.46. The number of allylic oxidation sites excluding steroid dienone is 1. The lowest BCUT2D eigenvalue weighted by Gasteiger charge is -2.34. The van der Waals surface area contributed by atoms with Crippen LogP contribution in [0.5, 0.6) is 0 Å². The molecule has 1 heterocycles. The lowest BCUT2D eigenvalue weighted by atomic mass is 9.91. The maximum absolute atomic E-state index is 9.75. The molecule has 20 heavy (non-hydrogen) atoms. The fourth-order valence-corrected chi connectivity index (χ4v) is 2.62. The van der Waals surface area contributed by atoms with Gasteiger partial charge in [-0.2, -0.15) is 4.58 Å². The second-order valence-corrected chi connectivity index (χ2v) is 5.59. The highest BCUT2D eigenvalue weighted by Crippen LogP contribution is 2.32. The van der Waals surface area contributed by atoms with Crippen LogP contribution in [-0.2, 0) is 4.74 Å². The molecule has 2 nitrogen and oxygen atoms in total. The molecule has 116 valence electrons. The first-order valence-corrected chi connectivity index (χ1v) is 7.01. The number of fused-ring (bicyclic) bond motifs is 1. The van der Waals surface area contributed by atoms with Crippen LogP contribution in [0.4, 0.5) is 17.3 Å². The van der Waals surface area contributed by atoms with Crippen molar-refractivity contribution in [2.45, 2.75) is 65.1 Å². The lowest BCUT2D eigenvalue weighted by molar-refractivity contribution is -0.597. The minimum Gasteiger partial charge on any atom is -0.436 e. The van der Waals surface area contributed by atoms with Crippen LogP contribution in [0.1, 0.15) is 47.0 Å². The Balaban J connectivity index is 0.000000347. The molecule has 2 rings (SSSR count). The van der Waals surface area contributed by atoms with Gasteiger partial charge in [-0.3, -0.25) is 0 Å². The summed E-state index contributed by atoms with van der Waals surface area (Å²) in [5, 5.41) is 0. The van der Waals surface area contributed by atoms with Crippen LogP contribution in [0.25, 0.3) is 0 Å². The number of nitrogens with zero attached hydrogens (tertiary/aromatic N) is 1. The summed E-state index contributed by atoms with van der Waals surface area (Å²) in [6.07, 6.45) is 6.49. The van der Waals surface area contributed by atoms with E-state index in [1.807, 2.05) is 0 Å². The molecule has 0 aromatic carbocycles. The fourth-order valence-electron chi connectivity index (χ4n) is 2.62. The molecular formula is C13H22BF4NO. The van der Waals surface area contributed by atoms with Gasteiger partial charge in [0.1, 0.15) is 11.7 Å². The van der Waals surface area contributed by atoms with E-state index in [4.69, 9.17) is 4.74 Å².